The van der Waals surface area contributed by atoms with E-state index in [0.29, 0.717) is 24.4 Å². The van der Waals surface area contributed by atoms with E-state index in [1.165, 1.54) is 44.6 Å². The van der Waals surface area contributed by atoms with E-state index in [9.17, 15) is 8.78 Å². The third kappa shape index (κ3) is 10.5. The number of ether oxygens (including phenoxy) is 1. The van der Waals surface area contributed by atoms with E-state index in [-0.39, 0.29) is 11.6 Å². The Labute approximate surface area is 193 Å². The zero-order chi connectivity index (χ0) is 23.0. The molecule has 178 valence electrons. The summed E-state index contributed by atoms with van der Waals surface area (Å²) in [6, 6.07) is 4.91. The lowest BCUT2D eigenvalue weighted by Gasteiger charge is -2.09. The number of hydrogen-bond donors (Lipinski definition) is 0. The number of aromatic nitrogens is 2. The van der Waals surface area contributed by atoms with Gasteiger partial charge in [-0.3, -0.25) is 0 Å². The molecule has 0 aliphatic heterocycles. The second-order valence-corrected chi connectivity index (χ2v) is 8.76. The van der Waals surface area contributed by atoms with Crippen molar-refractivity contribution in [3.8, 4) is 17.1 Å². The minimum Gasteiger partial charge on any atom is -0.491 e. The van der Waals surface area contributed by atoms with Crippen LogP contribution in [0.3, 0.4) is 0 Å². The summed E-state index contributed by atoms with van der Waals surface area (Å²) in [5.41, 5.74) is 1.69. The monoisotopic (exact) mass is 446 g/mol. The van der Waals surface area contributed by atoms with Gasteiger partial charge < -0.3 is 4.74 Å². The second-order valence-electron chi connectivity index (χ2n) is 8.76. The molecule has 0 spiro atoms. The average molecular weight is 447 g/mol. The molecule has 0 saturated heterocycles. The normalized spacial score (nSPS) is 12.1. The Morgan fingerprint density at radius 1 is 0.875 bits per heavy atom. The molecule has 1 aromatic carbocycles. The molecule has 5 heteroatoms. The number of unbranched alkanes of at least 4 members (excludes halogenated alkanes) is 9. The van der Waals surface area contributed by atoms with Gasteiger partial charge >= 0.3 is 0 Å². The van der Waals surface area contributed by atoms with Crippen LogP contribution in [0.25, 0.3) is 11.4 Å². The van der Waals surface area contributed by atoms with Gasteiger partial charge in [-0.1, -0.05) is 64.7 Å². The minimum atomic E-state index is -0.722. The molecule has 0 amide bonds. The predicted octanol–water partition coefficient (Wildman–Crippen LogP) is 8.26. The highest BCUT2D eigenvalue weighted by molar-refractivity contribution is 5.56. The van der Waals surface area contributed by atoms with Crippen LogP contribution in [0.15, 0.2) is 30.6 Å². The maximum Gasteiger partial charge on any atom is 0.165 e. The van der Waals surface area contributed by atoms with Gasteiger partial charge in [0.15, 0.2) is 17.4 Å². The van der Waals surface area contributed by atoms with E-state index in [0.717, 1.165) is 44.1 Å². The van der Waals surface area contributed by atoms with Crippen molar-refractivity contribution in [2.24, 2.45) is 0 Å². The van der Waals surface area contributed by atoms with Crippen molar-refractivity contribution in [1.82, 2.24) is 9.97 Å². The molecule has 0 saturated carbocycles. The van der Waals surface area contributed by atoms with Gasteiger partial charge in [-0.25, -0.2) is 18.7 Å². The smallest absolute Gasteiger partial charge is 0.165 e. The fourth-order valence-electron chi connectivity index (χ4n) is 3.74. The zero-order valence-electron chi connectivity index (χ0n) is 19.9. The number of alkyl halides is 1. The molecule has 0 fully saturated rings. The van der Waals surface area contributed by atoms with Gasteiger partial charge in [0.25, 0.3) is 0 Å². The number of halogens is 2. The average Bonchev–Trinajstić information content (AvgIpc) is 2.79. The Balaban J connectivity index is 1.70. The van der Waals surface area contributed by atoms with Crippen LogP contribution < -0.4 is 4.74 Å². The number of benzene rings is 1. The Morgan fingerprint density at radius 3 is 2.19 bits per heavy atom. The molecule has 32 heavy (non-hydrogen) atoms. The number of hydrogen-bond acceptors (Lipinski definition) is 3. The van der Waals surface area contributed by atoms with Crippen LogP contribution in [-0.4, -0.2) is 22.7 Å². The minimum absolute atomic E-state index is 0.288. The number of nitrogens with zero attached hydrogens (tertiary/aromatic N) is 2. The molecule has 0 aliphatic carbocycles. The first-order valence-corrected chi connectivity index (χ1v) is 12.5. The summed E-state index contributed by atoms with van der Waals surface area (Å²) >= 11 is 0. The van der Waals surface area contributed by atoms with E-state index in [1.807, 2.05) is 0 Å². The highest BCUT2D eigenvalue weighted by Crippen LogP contribution is 2.24. The summed E-state index contributed by atoms with van der Waals surface area (Å²) in [6.45, 7) is 4.38. The summed E-state index contributed by atoms with van der Waals surface area (Å²) in [7, 11) is 0. The van der Waals surface area contributed by atoms with E-state index < -0.39 is 6.17 Å². The lowest BCUT2D eigenvalue weighted by Crippen LogP contribution is -2.00. The molecule has 1 heterocycles. The molecular weight excluding hydrogens is 406 g/mol. The van der Waals surface area contributed by atoms with Crippen molar-refractivity contribution in [2.45, 2.75) is 103 Å². The molecule has 0 radical (unpaired) electrons. The summed E-state index contributed by atoms with van der Waals surface area (Å²) in [4.78, 5) is 8.78. The highest BCUT2D eigenvalue weighted by atomic mass is 19.1. The topological polar surface area (TPSA) is 35.0 Å². The molecule has 1 aromatic heterocycles. The van der Waals surface area contributed by atoms with Crippen molar-refractivity contribution in [1.29, 1.82) is 0 Å². The van der Waals surface area contributed by atoms with Crippen LogP contribution in [0.4, 0.5) is 8.78 Å². The van der Waals surface area contributed by atoms with E-state index >= 15 is 0 Å². The first kappa shape index (κ1) is 26.2. The maximum absolute atomic E-state index is 14.5. The first-order chi connectivity index (χ1) is 15.6. The Hall–Kier alpha value is -2.04. The Kier molecular flexibility index (Phi) is 12.9. The van der Waals surface area contributed by atoms with Crippen molar-refractivity contribution >= 4 is 0 Å². The van der Waals surface area contributed by atoms with E-state index in [1.54, 1.807) is 31.5 Å². The third-order valence-corrected chi connectivity index (χ3v) is 5.72. The lowest BCUT2D eigenvalue weighted by atomic mass is 10.1. The van der Waals surface area contributed by atoms with Gasteiger partial charge in [0.05, 0.1) is 12.8 Å². The fraction of sp³-hybridized carbons (Fsp3) is 0.630. The summed E-state index contributed by atoms with van der Waals surface area (Å²) in [5, 5.41) is 0. The van der Waals surface area contributed by atoms with Crippen LogP contribution in [-0.2, 0) is 6.42 Å². The fourth-order valence-corrected chi connectivity index (χ4v) is 3.74. The van der Waals surface area contributed by atoms with Gasteiger partial charge in [0.1, 0.15) is 0 Å². The van der Waals surface area contributed by atoms with Gasteiger partial charge in [-0.05, 0) is 56.4 Å². The number of aryl methyl sites for hydroxylation is 1. The summed E-state index contributed by atoms with van der Waals surface area (Å²) in [6.07, 6.45) is 17.1. The van der Waals surface area contributed by atoms with Gasteiger partial charge in [-0.2, -0.15) is 0 Å². The van der Waals surface area contributed by atoms with Crippen molar-refractivity contribution in [3.63, 3.8) is 0 Å². The van der Waals surface area contributed by atoms with Crippen molar-refractivity contribution < 1.29 is 13.5 Å². The van der Waals surface area contributed by atoms with Crippen molar-refractivity contribution in [2.75, 3.05) is 6.61 Å². The molecular formula is C27H40F2N2O. The van der Waals surface area contributed by atoms with Crippen molar-refractivity contribution in [3.05, 3.63) is 42.0 Å². The summed E-state index contributed by atoms with van der Waals surface area (Å²) < 4.78 is 32.9. The number of rotatable bonds is 17. The Bertz CT molecular complexity index is 750. The Morgan fingerprint density at radius 2 is 1.53 bits per heavy atom. The first-order valence-electron chi connectivity index (χ1n) is 12.5. The lowest BCUT2D eigenvalue weighted by molar-refractivity contribution is 0.290. The molecule has 0 aliphatic rings. The molecule has 1 unspecified atom stereocenters. The highest BCUT2D eigenvalue weighted by Gasteiger charge is 2.09. The van der Waals surface area contributed by atoms with Crippen LogP contribution in [0.2, 0.25) is 0 Å². The molecule has 0 bridgehead atoms. The molecule has 0 N–H and O–H groups in total. The molecule has 3 nitrogen and oxygen atoms in total. The van der Waals surface area contributed by atoms with Crippen LogP contribution in [0.5, 0.6) is 5.75 Å². The second kappa shape index (κ2) is 15.7. The van der Waals surface area contributed by atoms with E-state index in [4.69, 9.17) is 4.74 Å². The largest absolute Gasteiger partial charge is 0.491 e. The van der Waals surface area contributed by atoms with Gasteiger partial charge in [-0.15, -0.1) is 0 Å². The van der Waals surface area contributed by atoms with Gasteiger partial charge in [0.2, 0.25) is 0 Å². The quantitative estimate of drug-likeness (QED) is 0.229. The molecule has 1 atom stereocenters. The SMILES string of the molecule is CCCCCCCCCCOc1ccc(-c2ncc(CCCCCC(C)F)cn2)cc1F. The standard InChI is InChI=1S/C27H40F2N2O/c1-3-4-5-6-7-8-9-13-18-32-26-17-16-24(19-25(26)29)27-30-20-23(21-31-27)15-12-10-11-14-22(2)28/h16-17,19-22H,3-15,18H2,1-2H3. The van der Waals surface area contributed by atoms with Crippen LogP contribution >= 0.6 is 0 Å². The molecule has 2 rings (SSSR count). The summed E-state index contributed by atoms with van der Waals surface area (Å²) in [5.74, 6) is 0.418. The van der Waals surface area contributed by atoms with Crippen LogP contribution in [0.1, 0.15) is 96.5 Å². The zero-order valence-corrected chi connectivity index (χ0v) is 19.9. The van der Waals surface area contributed by atoms with E-state index in [2.05, 4.69) is 16.9 Å². The van der Waals surface area contributed by atoms with Crippen LogP contribution in [0, 0.1) is 5.82 Å². The van der Waals surface area contributed by atoms with Gasteiger partial charge in [0, 0.05) is 18.0 Å². The third-order valence-electron chi connectivity index (χ3n) is 5.72. The maximum atomic E-state index is 14.5. The molecule has 2 aromatic rings. The predicted molar refractivity (Wildman–Crippen MR) is 128 cm³/mol.